The van der Waals surface area contributed by atoms with Crippen LogP contribution in [0.4, 0.5) is 0 Å². The molecule has 3 fully saturated rings. The Labute approximate surface area is 393 Å². The van der Waals surface area contributed by atoms with Gasteiger partial charge in [0.05, 0.1) is 29.5 Å². The number of nitrogens with one attached hydrogen (secondary N) is 1. The van der Waals surface area contributed by atoms with E-state index in [9.17, 15) is 34.2 Å². The smallest absolute Gasteiger partial charge is 0.338 e. The fraction of sp³-hybridized carbons (Fsp3) is 0.449. The van der Waals surface area contributed by atoms with Gasteiger partial charge in [-0.05, 0) is 72.3 Å². The summed E-state index contributed by atoms with van der Waals surface area (Å²) in [5, 5.41) is 28.7. The predicted octanol–water partition coefficient (Wildman–Crippen LogP) is 5.49. The predicted molar refractivity (Wildman–Crippen MR) is 244 cm³/mol. The van der Waals surface area contributed by atoms with Crippen molar-refractivity contribution in [2.24, 2.45) is 16.7 Å². The monoisotopic (exact) mass is 943 g/mol. The number of amides is 1. The molecule has 7 rings (SSSR count). The van der Waals surface area contributed by atoms with E-state index in [1.807, 2.05) is 0 Å². The van der Waals surface area contributed by atoms with Gasteiger partial charge in [-0.15, -0.1) is 0 Å². The molecule has 12 atom stereocenters. The largest absolute Gasteiger partial charge is 0.486 e. The Morgan fingerprint density at radius 3 is 1.94 bits per heavy atom. The SMILES string of the molecule is CC(=O)O[C@@H]1C2=C(C)[C@@H](OC(=O)[C@H](O)[C@@H](NC(=O)c3ccccc3)c3ccccc3)C[C@@](O)([C@@H](OC(=O)c3ccccc3)[C@@H]3[C@]4(OC(C)=O)CO[C@@H]4C[C@H](OC=S)[C@@]3(C)[C@H]1OC=S)C2(C)C. The second kappa shape index (κ2) is 19.0. The maximum absolute atomic E-state index is 14.6. The number of benzene rings is 3. The third-order valence-corrected chi connectivity index (χ3v) is 14.3. The number of esters is 4. The van der Waals surface area contributed by atoms with E-state index in [-0.39, 0.29) is 29.7 Å². The molecule has 1 saturated heterocycles. The zero-order valence-corrected chi connectivity index (χ0v) is 38.9. The van der Waals surface area contributed by atoms with Gasteiger partial charge in [-0.1, -0.05) is 87.5 Å². The molecule has 0 aromatic heterocycles. The zero-order chi connectivity index (χ0) is 47.8. The molecule has 3 aliphatic carbocycles. The fourth-order valence-corrected chi connectivity index (χ4v) is 11.2. The number of hydrogen-bond donors (Lipinski definition) is 3. The summed E-state index contributed by atoms with van der Waals surface area (Å²) in [5.74, 6) is -5.42. The molecule has 2 saturated carbocycles. The number of aliphatic hydroxyl groups excluding tert-OH is 1. The number of aliphatic hydroxyl groups is 2. The molecule has 3 aromatic rings. The van der Waals surface area contributed by atoms with E-state index in [1.165, 1.54) is 26.0 Å². The van der Waals surface area contributed by atoms with E-state index in [0.717, 1.165) is 11.1 Å². The number of fused-ring (bicyclic) bond motifs is 5. The van der Waals surface area contributed by atoms with Crippen molar-refractivity contribution in [2.75, 3.05) is 6.61 Å². The summed E-state index contributed by atoms with van der Waals surface area (Å²) in [4.78, 5) is 69.3. The van der Waals surface area contributed by atoms with Crippen LogP contribution in [0.3, 0.4) is 0 Å². The van der Waals surface area contributed by atoms with E-state index < -0.39 is 113 Å². The summed E-state index contributed by atoms with van der Waals surface area (Å²) in [7, 11) is 0. The second-order valence-corrected chi connectivity index (χ2v) is 18.4. The van der Waals surface area contributed by atoms with Crippen LogP contribution in [0.5, 0.6) is 0 Å². The number of carbonyl (C=O) groups is 5. The van der Waals surface area contributed by atoms with Crippen molar-refractivity contribution in [3.8, 4) is 0 Å². The van der Waals surface area contributed by atoms with Crippen LogP contribution in [-0.4, -0.2) is 112 Å². The molecular weight excluding hydrogens is 891 g/mol. The Bertz CT molecular complexity index is 2380. The third-order valence-electron chi connectivity index (χ3n) is 14.1. The van der Waals surface area contributed by atoms with E-state index in [4.69, 9.17) is 57.6 Å². The molecule has 1 heterocycles. The van der Waals surface area contributed by atoms with Gasteiger partial charge in [-0.2, -0.15) is 0 Å². The van der Waals surface area contributed by atoms with Crippen molar-refractivity contribution in [1.82, 2.24) is 5.32 Å². The van der Waals surface area contributed by atoms with Gasteiger partial charge in [0.1, 0.15) is 47.2 Å². The van der Waals surface area contributed by atoms with Crippen LogP contribution in [0, 0.1) is 16.7 Å². The van der Waals surface area contributed by atoms with Gasteiger partial charge in [0.2, 0.25) is 0 Å². The molecule has 1 amide bonds. The van der Waals surface area contributed by atoms with Gasteiger partial charge in [0.15, 0.2) is 17.8 Å². The average molecular weight is 944 g/mol. The zero-order valence-electron chi connectivity index (χ0n) is 37.2. The number of hydrogen-bond acceptors (Lipinski definition) is 16. The molecule has 3 aromatic carbocycles. The molecule has 15 nitrogen and oxygen atoms in total. The Morgan fingerprint density at radius 2 is 1.39 bits per heavy atom. The van der Waals surface area contributed by atoms with Crippen molar-refractivity contribution < 1.29 is 67.3 Å². The standard InChI is InChI=1S/C49H53NO14S2/c1-27-33(62-45(56)38(53)37(30-16-10-7-11-17-30)50-43(54)31-18-12-8-13-19-31)23-49(57)42(63-44(55)32-20-14-9-15-21-32)40-47(6,34(59-25-65)22-35-48(40,24-58-35)64-29(3)52)41(60-26-66)39(61-28(2)51)36(27)46(49,4)5/h7-21,25-26,33-35,37-42,53,57H,22-24H2,1-6H3,(H,50,54)/t33-,34-,35+,37-,38+,39+,40-,41-,42-,47+,48-,49+/m0/s1. The summed E-state index contributed by atoms with van der Waals surface area (Å²) in [6.45, 7) is 8.88. The third kappa shape index (κ3) is 8.40. The lowest BCUT2D eigenvalue weighted by atomic mass is 9.44. The molecule has 3 N–H and O–H groups in total. The topological polar surface area (TPSA) is 202 Å². The fourth-order valence-electron chi connectivity index (χ4n) is 10.9. The first-order chi connectivity index (χ1) is 31.3. The van der Waals surface area contributed by atoms with Crippen LogP contribution < -0.4 is 5.32 Å². The molecule has 4 aliphatic rings. The molecule has 2 bridgehead atoms. The molecule has 66 heavy (non-hydrogen) atoms. The second-order valence-electron chi connectivity index (χ2n) is 18.0. The van der Waals surface area contributed by atoms with Crippen molar-refractivity contribution in [2.45, 2.75) is 114 Å². The van der Waals surface area contributed by atoms with Crippen molar-refractivity contribution in [3.63, 3.8) is 0 Å². The van der Waals surface area contributed by atoms with Gasteiger partial charge in [0, 0.05) is 37.7 Å². The van der Waals surface area contributed by atoms with Gasteiger partial charge < -0.3 is 48.7 Å². The van der Waals surface area contributed by atoms with Gasteiger partial charge in [-0.25, -0.2) is 9.59 Å². The maximum Gasteiger partial charge on any atom is 0.338 e. The van der Waals surface area contributed by atoms with Crippen molar-refractivity contribution in [3.05, 3.63) is 119 Å². The highest BCUT2D eigenvalue weighted by atomic mass is 32.1. The Hall–Kier alpha value is -5.59. The van der Waals surface area contributed by atoms with E-state index in [0.29, 0.717) is 11.1 Å². The normalized spacial score (nSPS) is 31.5. The van der Waals surface area contributed by atoms with Crippen molar-refractivity contribution >= 4 is 65.3 Å². The average Bonchev–Trinajstić information content (AvgIpc) is 3.28. The molecule has 350 valence electrons. The molecule has 0 unspecified atom stereocenters. The van der Waals surface area contributed by atoms with Crippen LogP contribution in [0.1, 0.15) is 86.7 Å². The van der Waals surface area contributed by atoms with Crippen molar-refractivity contribution in [1.29, 1.82) is 0 Å². The molecule has 1 aliphatic heterocycles. The van der Waals surface area contributed by atoms with E-state index >= 15 is 0 Å². The van der Waals surface area contributed by atoms with Crippen LogP contribution in [-0.2, 0) is 47.5 Å². The first kappa shape index (κ1) is 48.3. The van der Waals surface area contributed by atoms with Crippen LogP contribution >= 0.6 is 24.4 Å². The van der Waals surface area contributed by atoms with Crippen LogP contribution in [0.25, 0.3) is 0 Å². The first-order valence-corrected chi connectivity index (χ1v) is 22.5. The van der Waals surface area contributed by atoms with Gasteiger partial charge >= 0.3 is 23.9 Å². The summed E-state index contributed by atoms with van der Waals surface area (Å²) >= 11 is 10.6. The quantitative estimate of drug-likeness (QED) is 0.0792. The minimum atomic E-state index is -2.32. The Kier molecular flexibility index (Phi) is 13.9. The number of ether oxygens (including phenoxy) is 7. The maximum atomic E-state index is 14.6. The molecule has 0 spiro atoms. The highest BCUT2D eigenvalue weighted by Crippen LogP contribution is 2.66. The van der Waals surface area contributed by atoms with E-state index in [2.05, 4.69) is 5.32 Å². The molecule has 0 radical (unpaired) electrons. The lowest BCUT2D eigenvalue weighted by Crippen LogP contribution is -2.82. The number of rotatable bonds is 14. The van der Waals surface area contributed by atoms with Gasteiger partial charge in [-0.3, -0.25) is 14.4 Å². The van der Waals surface area contributed by atoms with Gasteiger partial charge in [0.25, 0.3) is 5.91 Å². The van der Waals surface area contributed by atoms with Crippen LogP contribution in [0.2, 0.25) is 0 Å². The number of thiocarbonyl (C=S) groups is 2. The highest BCUT2D eigenvalue weighted by Gasteiger charge is 2.79. The lowest BCUT2D eigenvalue weighted by molar-refractivity contribution is -0.362. The summed E-state index contributed by atoms with van der Waals surface area (Å²) in [6, 6.07) is 23.4. The minimum Gasteiger partial charge on any atom is -0.486 e. The van der Waals surface area contributed by atoms with Crippen LogP contribution in [0.15, 0.2) is 102 Å². The molecule has 17 heteroatoms. The lowest BCUT2D eigenvalue weighted by Gasteiger charge is -2.69. The summed E-state index contributed by atoms with van der Waals surface area (Å²) in [6.07, 6.45) is -10.3. The summed E-state index contributed by atoms with van der Waals surface area (Å²) < 4.78 is 44.2. The first-order valence-electron chi connectivity index (χ1n) is 21.5. The number of carbonyl (C=O) groups excluding carboxylic acids is 5. The Balaban J connectivity index is 1.44. The Morgan fingerprint density at radius 1 is 0.803 bits per heavy atom. The molecular formula is C49H53NO14S2. The minimum absolute atomic E-state index is 0.0538. The highest BCUT2D eigenvalue weighted by molar-refractivity contribution is 7.78. The summed E-state index contributed by atoms with van der Waals surface area (Å²) in [5.41, 5.74) is -3.77. The van der Waals surface area contributed by atoms with E-state index in [1.54, 1.807) is 107 Å².